The van der Waals surface area contributed by atoms with E-state index in [1.807, 2.05) is 94.1 Å². The molecule has 0 saturated heterocycles. The second-order valence-electron chi connectivity index (χ2n) is 18.1. The summed E-state index contributed by atoms with van der Waals surface area (Å²) in [4.78, 5) is 0. The highest BCUT2D eigenvalue weighted by Crippen LogP contribution is 2.72. The zero-order valence-electron chi connectivity index (χ0n) is 43.7. The van der Waals surface area contributed by atoms with Gasteiger partial charge in [0, 0.05) is 33.4 Å². The van der Waals surface area contributed by atoms with E-state index in [-0.39, 0.29) is 0 Å². The predicted octanol–water partition coefficient (Wildman–Crippen LogP) is 21.5. The summed E-state index contributed by atoms with van der Waals surface area (Å²) >= 11 is 23.3. The smallest absolute Gasteiger partial charge is 0.0669 e. The number of rotatable bonds is 21. The van der Waals surface area contributed by atoms with Crippen molar-refractivity contribution in [2.24, 2.45) is 0 Å². The van der Waals surface area contributed by atoms with Crippen molar-refractivity contribution < 1.29 is 0 Å². The van der Waals surface area contributed by atoms with E-state index in [0.29, 0.717) is 17.3 Å². The summed E-state index contributed by atoms with van der Waals surface area (Å²) < 4.78 is 12.1. The van der Waals surface area contributed by atoms with E-state index in [2.05, 4.69) is 170 Å². The summed E-state index contributed by atoms with van der Waals surface area (Å²) in [6.45, 7) is 6.90. The Morgan fingerprint density at radius 1 is 0.333 bits per heavy atom. The van der Waals surface area contributed by atoms with Crippen LogP contribution in [-0.2, 0) is 0 Å². The topological polar surface area (TPSA) is 0 Å². The van der Waals surface area contributed by atoms with Crippen molar-refractivity contribution in [3.05, 3.63) is 144 Å². The Labute approximate surface area is 515 Å². The third-order valence-electron chi connectivity index (χ3n) is 13.1. The molecule has 6 aliphatic rings. The molecule has 3 heterocycles. The lowest BCUT2D eigenvalue weighted by Crippen LogP contribution is -1.98. The lowest BCUT2D eigenvalue weighted by atomic mass is 9.84. The first kappa shape index (κ1) is 58.1. The van der Waals surface area contributed by atoms with Gasteiger partial charge in [-0.25, -0.2) is 0 Å². The summed E-state index contributed by atoms with van der Waals surface area (Å²) in [6.07, 6.45) is 27.9. The van der Waals surface area contributed by atoms with Gasteiger partial charge in [0.05, 0.1) is 55.4 Å². The van der Waals surface area contributed by atoms with Crippen LogP contribution in [0.25, 0.3) is 50.1 Å². The van der Waals surface area contributed by atoms with E-state index < -0.39 is 0 Å². The summed E-state index contributed by atoms with van der Waals surface area (Å²) in [5.41, 5.74) is 19.9. The lowest BCUT2D eigenvalue weighted by molar-refractivity contribution is 0.779. The van der Waals surface area contributed by atoms with Gasteiger partial charge in [0.25, 0.3) is 0 Å². The Balaban J connectivity index is 1.24. The molecule has 390 valence electrons. The third kappa shape index (κ3) is 12.5. The van der Waals surface area contributed by atoms with Gasteiger partial charge in [0.2, 0.25) is 0 Å². The van der Waals surface area contributed by atoms with Crippen LogP contribution in [0.4, 0.5) is 0 Å². The van der Waals surface area contributed by atoms with Crippen LogP contribution in [0.3, 0.4) is 0 Å². The second-order valence-corrected chi connectivity index (χ2v) is 32.8. The Kier molecular flexibility index (Phi) is 21.4. The van der Waals surface area contributed by atoms with Crippen molar-refractivity contribution in [1.82, 2.24) is 0 Å². The molecule has 3 aliphatic carbocycles. The quantitative estimate of drug-likeness (QED) is 0.0497. The Morgan fingerprint density at radius 3 is 0.846 bits per heavy atom. The molecule has 0 amide bonds. The zero-order chi connectivity index (χ0) is 53.8. The minimum atomic E-state index is 0.603. The molecule has 0 N–H and O–H groups in total. The third-order valence-corrected chi connectivity index (χ3v) is 29.6. The molecule has 10 rings (SSSR count). The molecule has 0 fully saturated rings. The number of benzene rings is 4. The maximum Gasteiger partial charge on any atom is 0.0669 e. The Bertz CT molecular complexity index is 3520. The van der Waals surface area contributed by atoms with Gasteiger partial charge in [0.15, 0.2) is 0 Å². The van der Waals surface area contributed by atoms with Gasteiger partial charge in [0.1, 0.15) is 0 Å². The van der Waals surface area contributed by atoms with Crippen molar-refractivity contribution in [3.8, 4) is 106 Å². The van der Waals surface area contributed by atoms with Crippen molar-refractivity contribution in [2.75, 3.05) is 34.5 Å². The highest BCUT2D eigenvalue weighted by Gasteiger charge is 2.46. The summed E-state index contributed by atoms with van der Waals surface area (Å²) in [5, 5.41) is 0. The maximum atomic E-state index is 5.62. The molecule has 0 bridgehead atoms. The van der Waals surface area contributed by atoms with Crippen LogP contribution >= 0.6 is 141 Å². The SMILES string of the molecule is C#CC#CCSC1=C(SCC#CC#C)SC(=C2c3ccccc3-c3c2c2c(c4c3C(=C3SC(SCC#CC#C)=C(SCCCCC)S3)c3ccccc3-4)C(=C3SC(SCCCCC)=C(SCCCCC)S3)c3ccccc3-2)S1. The highest BCUT2D eigenvalue weighted by molar-refractivity contribution is 8.42. The van der Waals surface area contributed by atoms with Crippen LogP contribution in [0.2, 0.25) is 0 Å². The van der Waals surface area contributed by atoms with Crippen LogP contribution < -0.4 is 0 Å². The Morgan fingerprint density at radius 2 is 0.590 bits per heavy atom. The van der Waals surface area contributed by atoms with Crippen LogP contribution in [-0.4, -0.2) is 34.5 Å². The number of hydrogen-bond acceptors (Lipinski definition) is 12. The van der Waals surface area contributed by atoms with Crippen LogP contribution in [0.5, 0.6) is 0 Å². The fourth-order valence-corrected chi connectivity index (χ4v) is 27.2. The molecule has 3 aliphatic heterocycles. The molecule has 0 atom stereocenters. The average Bonchev–Trinajstić information content (AvgIpc) is 3.28. The summed E-state index contributed by atoms with van der Waals surface area (Å²) in [6, 6.07) is 27.9. The van der Waals surface area contributed by atoms with Crippen molar-refractivity contribution in [1.29, 1.82) is 0 Å². The Hall–Kier alpha value is -3.12. The number of thioether (sulfide) groups is 12. The van der Waals surface area contributed by atoms with Gasteiger partial charge in [-0.2, -0.15) is 0 Å². The first-order valence-corrected chi connectivity index (χ1v) is 37.0. The lowest BCUT2D eigenvalue weighted by Gasteiger charge is -2.20. The normalized spacial score (nSPS) is 16.2. The first-order chi connectivity index (χ1) is 38.5. The number of unbranched alkanes of at least 4 members (excludes halogenated alkanes) is 6. The van der Waals surface area contributed by atoms with E-state index in [9.17, 15) is 0 Å². The van der Waals surface area contributed by atoms with E-state index in [1.165, 1.54) is 179 Å². The van der Waals surface area contributed by atoms with Gasteiger partial charge in [-0.05, 0) is 122 Å². The molecule has 0 spiro atoms. The molecule has 0 aromatic heterocycles. The minimum absolute atomic E-state index is 0.603. The van der Waals surface area contributed by atoms with E-state index in [1.54, 1.807) is 23.5 Å². The second kappa shape index (κ2) is 28.7. The van der Waals surface area contributed by atoms with Crippen LogP contribution in [0.15, 0.2) is 111 Å². The van der Waals surface area contributed by atoms with E-state index in [4.69, 9.17) is 19.3 Å². The molecule has 0 saturated carbocycles. The summed E-state index contributed by atoms with van der Waals surface area (Å²) in [7, 11) is 0. The molecule has 0 nitrogen and oxygen atoms in total. The molecule has 0 unspecified atom stereocenters. The van der Waals surface area contributed by atoms with Crippen molar-refractivity contribution in [2.45, 2.75) is 78.6 Å². The van der Waals surface area contributed by atoms with Crippen molar-refractivity contribution in [3.63, 3.8) is 0 Å². The van der Waals surface area contributed by atoms with E-state index in [0.717, 1.165) is 17.3 Å². The minimum Gasteiger partial charge on any atom is -0.117 e. The molecule has 0 radical (unpaired) electrons. The van der Waals surface area contributed by atoms with Crippen LogP contribution in [0.1, 0.15) is 112 Å². The van der Waals surface area contributed by atoms with Gasteiger partial charge in [-0.1, -0.05) is 220 Å². The predicted molar refractivity (Wildman–Crippen MR) is 371 cm³/mol. The molecule has 4 aromatic rings. The fourth-order valence-electron chi connectivity index (χ4n) is 9.88. The number of terminal acetylenes is 3. The van der Waals surface area contributed by atoms with Crippen LogP contribution in [0, 0.1) is 72.6 Å². The molecular formula is C66H54S12. The number of fused-ring (bicyclic) bond motifs is 12. The van der Waals surface area contributed by atoms with Gasteiger partial charge in [-0.3, -0.25) is 0 Å². The van der Waals surface area contributed by atoms with Crippen molar-refractivity contribution >= 4 is 158 Å². The molecule has 78 heavy (non-hydrogen) atoms. The summed E-state index contributed by atoms with van der Waals surface area (Å²) in [5.74, 6) is 31.0. The average molecular weight is 1230 g/mol. The molecule has 4 aromatic carbocycles. The monoisotopic (exact) mass is 1230 g/mol. The van der Waals surface area contributed by atoms with Gasteiger partial charge < -0.3 is 0 Å². The van der Waals surface area contributed by atoms with Gasteiger partial charge >= 0.3 is 0 Å². The molecule has 12 heteroatoms. The standard InChI is InChI=1S/C66H54S12/c1-7-13-25-37-67-61-62(68-38-26-14-8-2)74-58(73-61)52-46-34-22-19-31-43(46)49-55(52)50-44-32-20-23-35-47(44)53(59-75-63(69-39-27-15-9-3)64(76-59)70-40-28-16-10-4)57(50)51-45-33-21-24-36-48(45)54(56(49)51)60-77-65(71-41-29-17-11-5)66(78-60)72-42-30-18-12-6/h1-2,5,19-24,31-36H,9-10,12,15-16,18,27-28,30,37-42H2,3-4,6H3. The molecular weight excluding hydrogens is 1180 g/mol. The van der Waals surface area contributed by atoms with E-state index >= 15 is 0 Å². The fraction of sp³-hybridized carbons (Fsp3) is 0.273. The highest BCUT2D eigenvalue weighted by atomic mass is 32.3. The first-order valence-electron chi connectivity index (χ1n) is 26.2. The number of hydrogen-bond donors (Lipinski definition) is 0. The largest absolute Gasteiger partial charge is 0.117 e. The zero-order valence-corrected chi connectivity index (χ0v) is 53.5. The van der Waals surface area contributed by atoms with Gasteiger partial charge in [-0.15, -0.1) is 89.8 Å². The maximum absolute atomic E-state index is 5.62.